The highest BCUT2D eigenvalue weighted by Crippen LogP contribution is 1.86. The fourth-order valence-electron chi connectivity index (χ4n) is 0.602. The minimum absolute atomic E-state index is 0.509. The van der Waals surface area contributed by atoms with Crippen molar-refractivity contribution in [2.75, 3.05) is 11.5 Å². The van der Waals surface area contributed by atoms with E-state index in [1.165, 1.54) is 12.7 Å². The van der Waals surface area contributed by atoms with Gasteiger partial charge in [0.05, 0.1) is 0 Å². The molecule has 7 nitrogen and oxygen atoms in total. The highest BCUT2D eigenvalue weighted by atomic mass is 16.1. The first-order valence-corrected chi connectivity index (χ1v) is 4.11. The van der Waals surface area contributed by atoms with Gasteiger partial charge < -0.3 is 16.3 Å². The molecule has 2 aromatic rings. The second-order valence-electron chi connectivity index (χ2n) is 2.27. The summed E-state index contributed by atoms with van der Waals surface area (Å²) in [6.45, 7) is 2.00. The van der Waals surface area contributed by atoms with Crippen LogP contribution in [0, 0.1) is 0 Å². The van der Waals surface area contributed by atoms with E-state index >= 15 is 0 Å². The zero-order chi connectivity index (χ0) is 12.2. The number of carbonyl (C=O) groups excluding carboxylic acids is 1. The number of nitrogens with two attached hydrogens (primary N) is 2. The van der Waals surface area contributed by atoms with Crippen molar-refractivity contribution in [1.29, 1.82) is 0 Å². The molecule has 16 heavy (non-hydrogen) atoms. The van der Waals surface area contributed by atoms with Crippen LogP contribution in [0.1, 0.15) is 0 Å². The number of nitrogens with zero attached hydrogens (tertiary/aromatic N) is 4. The molecule has 0 atom stereocenters. The summed E-state index contributed by atoms with van der Waals surface area (Å²) >= 11 is 0. The third-order valence-electron chi connectivity index (χ3n) is 1.21. The molecule has 84 valence electrons. The van der Waals surface area contributed by atoms with Crippen LogP contribution in [-0.4, -0.2) is 26.7 Å². The highest BCUT2D eigenvalue weighted by Gasteiger charge is 1.75. The van der Waals surface area contributed by atoms with Gasteiger partial charge in [0.1, 0.15) is 31.1 Å². The lowest BCUT2D eigenvalue weighted by atomic mass is 10.6. The Morgan fingerprint density at radius 2 is 1.25 bits per heavy atom. The largest absolute Gasteiger partial charge is 0.384 e. The van der Waals surface area contributed by atoms with Gasteiger partial charge in [0, 0.05) is 12.4 Å². The summed E-state index contributed by atoms with van der Waals surface area (Å²) < 4.78 is 0. The van der Waals surface area contributed by atoms with Crippen LogP contribution >= 0.6 is 0 Å². The molecule has 0 aliphatic heterocycles. The highest BCUT2D eigenvalue weighted by molar-refractivity contribution is 5.23. The molecule has 0 spiro atoms. The smallest absolute Gasteiger partial charge is 0.126 e. The van der Waals surface area contributed by atoms with E-state index in [0.29, 0.717) is 11.6 Å². The van der Waals surface area contributed by atoms with Gasteiger partial charge in [0.25, 0.3) is 0 Å². The Morgan fingerprint density at radius 1 is 0.875 bits per heavy atom. The minimum atomic E-state index is 0.509. The van der Waals surface area contributed by atoms with Crippen molar-refractivity contribution in [2.45, 2.75) is 0 Å². The summed E-state index contributed by atoms with van der Waals surface area (Å²) in [7, 11) is 0. The fraction of sp³-hybridized carbons (Fsp3) is 0. The Hall–Kier alpha value is -2.57. The second-order valence-corrected chi connectivity index (χ2v) is 2.27. The van der Waals surface area contributed by atoms with Gasteiger partial charge in [0.15, 0.2) is 0 Å². The molecule has 2 aromatic heterocycles. The number of nitrogen functional groups attached to an aromatic ring is 2. The molecule has 0 fully saturated rings. The molecule has 7 heteroatoms. The zero-order valence-electron chi connectivity index (χ0n) is 8.52. The van der Waals surface area contributed by atoms with Gasteiger partial charge in [-0.25, -0.2) is 19.9 Å². The first-order valence-electron chi connectivity index (χ1n) is 4.11. The Balaban J connectivity index is 0.000000244. The zero-order valence-corrected chi connectivity index (χ0v) is 8.52. The molecule has 0 aliphatic rings. The standard InChI is InChI=1S/2C4H5N3.CH2O/c2*5-4-1-2-6-3-7-4;1-2/h2*1-3H,(H2,5,6,7);1H2. The van der Waals surface area contributed by atoms with E-state index in [9.17, 15) is 0 Å². The van der Waals surface area contributed by atoms with Gasteiger partial charge in [-0.05, 0) is 12.1 Å². The summed E-state index contributed by atoms with van der Waals surface area (Å²) in [6, 6.07) is 3.28. The summed E-state index contributed by atoms with van der Waals surface area (Å²) in [5.74, 6) is 1.02. The van der Waals surface area contributed by atoms with Crippen molar-refractivity contribution in [3.05, 3.63) is 37.2 Å². The van der Waals surface area contributed by atoms with Gasteiger partial charge in [0.2, 0.25) is 0 Å². The molecular formula is C9H12N6O. The van der Waals surface area contributed by atoms with Crippen molar-refractivity contribution in [3.8, 4) is 0 Å². The van der Waals surface area contributed by atoms with Crippen LogP contribution in [0.2, 0.25) is 0 Å². The maximum Gasteiger partial charge on any atom is 0.126 e. The summed E-state index contributed by atoms with van der Waals surface area (Å²) in [6.07, 6.45) is 6.02. The number of hydrogen-bond acceptors (Lipinski definition) is 7. The second kappa shape index (κ2) is 9.00. The Morgan fingerprint density at radius 3 is 1.38 bits per heavy atom. The van der Waals surface area contributed by atoms with E-state index in [2.05, 4.69) is 19.9 Å². The van der Waals surface area contributed by atoms with Gasteiger partial charge in [-0.1, -0.05) is 0 Å². The molecule has 0 saturated heterocycles. The van der Waals surface area contributed by atoms with Crippen LogP contribution < -0.4 is 11.5 Å². The van der Waals surface area contributed by atoms with Crippen molar-refractivity contribution in [1.82, 2.24) is 19.9 Å². The molecule has 0 amide bonds. The molecule has 0 bridgehead atoms. The van der Waals surface area contributed by atoms with Gasteiger partial charge >= 0.3 is 0 Å². The fourth-order valence-corrected chi connectivity index (χ4v) is 0.602. The Bertz CT molecular complexity index is 331. The van der Waals surface area contributed by atoms with Crippen LogP contribution in [0.25, 0.3) is 0 Å². The topological polar surface area (TPSA) is 121 Å². The predicted molar refractivity (Wildman–Crippen MR) is 60.0 cm³/mol. The molecule has 0 aromatic carbocycles. The van der Waals surface area contributed by atoms with Crippen LogP contribution in [0.3, 0.4) is 0 Å². The van der Waals surface area contributed by atoms with Crippen molar-refractivity contribution >= 4 is 18.4 Å². The summed E-state index contributed by atoms with van der Waals surface area (Å²) in [4.78, 5) is 22.6. The number of anilines is 2. The molecule has 0 radical (unpaired) electrons. The SMILES string of the molecule is C=O.Nc1ccncn1.Nc1ccncn1. The van der Waals surface area contributed by atoms with Crippen LogP contribution in [0.5, 0.6) is 0 Å². The number of rotatable bonds is 0. The van der Waals surface area contributed by atoms with E-state index in [4.69, 9.17) is 16.3 Å². The number of aromatic nitrogens is 4. The lowest BCUT2D eigenvalue weighted by Gasteiger charge is -1.82. The predicted octanol–water partition coefficient (Wildman–Crippen LogP) is -0.0673. The average molecular weight is 220 g/mol. The van der Waals surface area contributed by atoms with Crippen molar-refractivity contribution in [2.24, 2.45) is 0 Å². The first kappa shape index (κ1) is 13.4. The summed E-state index contributed by atoms with van der Waals surface area (Å²) in [5, 5.41) is 0. The van der Waals surface area contributed by atoms with Crippen molar-refractivity contribution in [3.63, 3.8) is 0 Å². The quantitative estimate of drug-likeness (QED) is 0.637. The van der Waals surface area contributed by atoms with Crippen LogP contribution in [-0.2, 0) is 4.79 Å². The monoisotopic (exact) mass is 220 g/mol. The van der Waals surface area contributed by atoms with E-state index < -0.39 is 0 Å². The normalized spacial score (nSPS) is 7.75. The van der Waals surface area contributed by atoms with Gasteiger partial charge in [-0.3, -0.25) is 0 Å². The maximum absolute atomic E-state index is 8.00. The Labute approximate surface area is 92.6 Å². The van der Waals surface area contributed by atoms with E-state index in [1.54, 1.807) is 24.5 Å². The molecule has 0 unspecified atom stereocenters. The maximum atomic E-state index is 8.00. The molecule has 2 rings (SSSR count). The molecular weight excluding hydrogens is 208 g/mol. The number of hydrogen-bond donors (Lipinski definition) is 2. The third-order valence-corrected chi connectivity index (χ3v) is 1.21. The first-order chi connectivity index (χ1) is 7.79. The van der Waals surface area contributed by atoms with Gasteiger partial charge in [-0.15, -0.1) is 0 Å². The van der Waals surface area contributed by atoms with E-state index in [0.717, 1.165) is 0 Å². The molecule has 4 N–H and O–H groups in total. The Kier molecular flexibility index (Phi) is 7.56. The lowest BCUT2D eigenvalue weighted by molar-refractivity contribution is -0.0979. The number of carbonyl (C=O) groups is 1. The van der Waals surface area contributed by atoms with E-state index in [-0.39, 0.29) is 0 Å². The average Bonchev–Trinajstić information content (AvgIpc) is 2.34. The molecule has 0 aliphatic carbocycles. The van der Waals surface area contributed by atoms with Gasteiger partial charge in [-0.2, -0.15) is 0 Å². The van der Waals surface area contributed by atoms with Crippen LogP contribution in [0.15, 0.2) is 37.2 Å². The van der Waals surface area contributed by atoms with Crippen molar-refractivity contribution < 1.29 is 4.79 Å². The summed E-state index contributed by atoms with van der Waals surface area (Å²) in [5.41, 5.74) is 10.4. The third kappa shape index (κ3) is 6.89. The minimum Gasteiger partial charge on any atom is -0.384 e. The lowest BCUT2D eigenvalue weighted by Crippen LogP contribution is -1.87. The van der Waals surface area contributed by atoms with E-state index in [1.807, 2.05) is 6.79 Å². The molecule has 2 heterocycles. The van der Waals surface area contributed by atoms with Crippen LogP contribution in [0.4, 0.5) is 11.6 Å². The molecule has 0 saturated carbocycles.